The van der Waals surface area contributed by atoms with Crippen molar-refractivity contribution in [2.75, 3.05) is 11.4 Å². The molecule has 0 aliphatic carbocycles. The number of benzene rings is 1. The zero-order valence-corrected chi connectivity index (χ0v) is 11.0. The van der Waals surface area contributed by atoms with Crippen LogP contribution in [-0.2, 0) is 9.59 Å². The number of nitrogens with one attached hydrogen (secondary N) is 2. The van der Waals surface area contributed by atoms with Crippen molar-refractivity contribution in [2.45, 2.75) is 25.8 Å². The van der Waals surface area contributed by atoms with Gasteiger partial charge in [-0.05, 0) is 18.6 Å². The van der Waals surface area contributed by atoms with E-state index < -0.39 is 0 Å². The Bertz CT molecular complexity index is 543. The van der Waals surface area contributed by atoms with Crippen LogP contribution < -0.4 is 15.8 Å². The molecule has 3 atom stereocenters. The van der Waals surface area contributed by atoms with Gasteiger partial charge in [0.15, 0.2) is 0 Å². The highest BCUT2D eigenvalue weighted by Crippen LogP contribution is 2.42. The molecule has 0 spiro atoms. The molecule has 2 heterocycles. The molecule has 1 aromatic carbocycles. The van der Waals surface area contributed by atoms with Crippen molar-refractivity contribution in [1.82, 2.24) is 10.9 Å². The van der Waals surface area contributed by atoms with Crippen LogP contribution in [0.1, 0.15) is 25.3 Å². The van der Waals surface area contributed by atoms with E-state index in [1.807, 2.05) is 31.2 Å². The van der Waals surface area contributed by atoms with Crippen LogP contribution in [0.5, 0.6) is 0 Å². The molecule has 0 saturated carbocycles. The summed E-state index contributed by atoms with van der Waals surface area (Å²) < 4.78 is 0. The number of hydrogen-bond acceptors (Lipinski definition) is 3. The predicted octanol–water partition coefficient (Wildman–Crippen LogP) is 0.776. The topological polar surface area (TPSA) is 61.4 Å². The third-order valence-corrected chi connectivity index (χ3v) is 4.08. The average Bonchev–Trinajstić information content (AvgIpc) is 2.91. The molecule has 2 amide bonds. The smallest absolute Gasteiger partial charge is 0.239 e. The van der Waals surface area contributed by atoms with Crippen molar-refractivity contribution in [3.63, 3.8) is 0 Å². The molecule has 1 aromatic rings. The minimum Gasteiger partial charge on any atom is -0.312 e. The van der Waals surface area contributed by atoms with E-state index in [1.54, 1.807) is 11.8 Å². The largest absolute Gasteiger partial charge is 0.312 e. The second-order valence-corrected chi connectivity index (χ2v) is 5.24. The lowest BCUT2D eigenvalue weighted by molar-refractivity contribution is -0.123. The van der Waals surface area contributed by atoms with Gasteiger partial charge in [-0.15, -0.1) is 0 Å². The lowest BCUT2D eigenvalue weighted by atomic mass is 9.83. The first-order valence-electron chi connectivity index (χ1n) is 6.52. The van der Waals surface area contributed by atoms with E-state index in [0.29, 0.717) is 6.54 Å². The fourth-order valence-corrected chi connectivity index (χ4v) is 3.16. The van der Waals surface area contributed by atoms with Gasteiger partial charge in [0.1, 0.15) is 0 Å². The molecule has 2 aliphatic rings. The average molecular weight is 259 g/mol. The van der Waals surface area contributed by atoms with Gasteiger partial charge >= 0.3 is 0 Å². The fraction of sp³-hybridized carbons (Fsp3) is 0.429. The minimum atomic E-state index is -0.134. The van der Waals surface area contributed by atoms with Gasteiger partial charge in [-0.2, -0.15) is 0 Å². The quantitative estimate of drug-likeness (QED) is 0.783. The number of rotatable bonds is 1. The number of nitrogens with zero attached hydrogens (tertiary/aromatic N) is 1. The predicted molar refractivity (Wildman–Crippen MR) is 71.4 cm³/mol. The van der Waals surface area contributed by atoms with E-state index in [2.05, 4.69) is 10.9 Å². The highest BCUT2D eigenvalue weighted by Gasteiger charge is 2.44. The first-order valence-corrected chi connectivity index (χ1v) is 6.52. The summed E-state index contributed by atoms with van der Waals surface area (Å²) in [6, 6.07) is 7.91. The number of para-hydroxylation sites is 1. The first kappa shape index (κ1) is 12.2. The highest BCUT2D eigenvalue weighted by molar-refractivity contribution is 5.95. The van der Waals surface area contributed by atoms with Gasteiger partial charge in [0.05, 0.1) is 5.92 Å². The summed E-state index contributed by atoms with van der Waals surface area (Å²) in [5.74, 6) is -0.0396. The van der Waals surface area contributed by atoms with Crippen molar-refractivity contribution in [2.24, 2.45) is 5.92 Å². The van der Waals surface area contributed by atoms with Gasteiger partial charge in [0.25, 0.3) is 0 Å². The summed E-state index contributed by atoms with van der Waals surface area (Å²) in [7, 11) is 0. The molecule has 3 rings (SSSR count). The molecule has 2 N–H and O–H groups in total. The van der Waals surface area contributed by atoms with Crippen molar-refractivity contribution in [3.05, 3.63) is 29.8 Å². The van der Waals surface area contributed by atoms with Crippen LogP contribution in [0.15, 0.2) is 24.3 Å². The highest BCUT2D eigenvalue weighted by atomic mass is 16.2. The molecule has 2 aliphatic heterocycles. The number of carbonyl (C=O) groups excluding carboxylic acids is 2. The molecule has 5 heteroatoms. The first-order chi connectivity index (χ1) is 9.09. The third-order valence-electron chi connectivity index (χ3n) is 4.08. The van der Waals surface area contributed by atoms with Crippen molar-refractivity contribution in [1.29, 1.82) is 0 Å². The number of fused-ring (bicyclic) bond motifs is 1. The molecule has 3 unspecified atom stereocenters. The molecule has 5 nitrogen and oxygen atoms in total. The van der Waals surface area contributed by atoms with Crippen molar-refractivity contribution >= 4 is 17.5 Å². The standard InChI is InChI=1S/C14H17N3O2/c1-8-13(14(19)16-15-8)11-7-17(9(2)18)12-6-4-3-5-10(11)12/h3-6,8,11,13,15H,7H2,1-2H3,(H,16,19). The summed E-state index contributed by atoms with van der Waals surface area (Å²) in [6.07, 6.45) is 0. The fourth-order valence-electron chi connectivity index (χ4n) is 3.16. The molecular weight excluding hydrogens is 242 g/mol. The van der Waals surface area contributed by atoms with Crippen LogP contribution >= 0.6 is 0 Å². The van der Waals surface area contributed by atoms with E-state index in [4.69, 9.17) is 0 Å². The second-order valence-electron chi connectivity index (χ2n) is 5.24. The molecule has 0 radical (unpaired) electrons. The van der Waals surface area contributed by atoms with Crippen LogP contribution in [0.2, 0.25) is 0 Å². The molecule has 0 aromatic heterocycles. The van der Waals surface area contributed by atoms with Crippen LogP contribution in [0.4, 0.5) is 5.69 Å². The number of hydrogen-bond donors (Lipinski definition) is 2. The second kappa shape index (κ2) is 4.35. The summed E-state index contributed by atoms with van der Waals surface area (Å²) in [5.41, 5.74) is 7.67. The minimum absolute atomic E-state index is 0.0118. The number of amides is 2. The normalized spacial score (nSPS) is 29.3. The maximum absolute atomic E-state index is 12.0. The maximum Gasteiger partial charge on any atom is 0.239 e. The summed E-state index contributed by atoms with van der Waals surface area (Å²) in [5, 5.41) is 0. The molecular formula is C14H17N3O2. The Balaban J connectivity index is 2.01. The zero-order chi connectivity index (χ0) is 13.6. The Labute approximate surface area is 111 Å². The SMILES string of the molecule is CC(=O)N1CC(C2C(=O)NNC2C)c2ccccc21. The molecule has 1 saturated heterocycles. The van der Waals surface area contributed by atoms with E-state index in [0.717, 1.165) is 11.3 Å². The van der Waals surface area contributed by atoms with Gasteiger partial charge < -0.3 is 4.90 Å². The van der Waals surface area contributed by atoms with Crippen molar-refractivity contribution < 1.29 is 9.59 Å². The summed E-state index contributed by atoms with van der Waals surface area (Å²) in [4.78, 5) is 25.5. The molecule has 0 bridgehead atoms. The van der Waals surface area contributed by atoms with E-state index in [-0.39, 0.29) is 29.7 Å². The van der Waals surface area contributed by atoms with E-state index >= 15 is 0 Å². The molecule has 1 fully saturated rings. The number of hydrazine groups is 1. The number of anilines is 1. The van der Waals surface area contributed by atoms with Gasteiger partial charge in [-0.25, -0.2) is 5.43 Å². The zero-order valence-electron chi connectivity index (χ0n) is 11.0. The molecule has 100 valence electrons. The van der Waals surface area contributed by atoms with Crippen LogP contribution in [0.25, 0.3) is 0 Å². The summed E-state index contributed by atoms with van der Waals surface area (Å²) in [6.45, 7) is 4.13. The molecule has 19 heavy (non-hydrogen) atoms. The Hall–Kier alpha value is -1.88. The Kier molecular flexibility index (Phi) is 2.78. The Morgan fingerprint density at radius 2 is 2.11 bits per heavy atom. The third kappa shape index (κ3) is 1.81. The van der Waals surface area contributed by atoms with E-state index in [9.17, 15) is 9.59 Å². The van der Waals surface area contributed by atoms with E-state index in [1.165, 1.54) is 0 Å². The van der Waals surface area contributed by atoms with Gasteiger partial charge in [0, 0.05) is 31.1 Å². The van der Waals surface area contributed by atoms with Gasteiger partial charge in [-0.1, -0.05) is 18.2 Å². The van der Waals surface area contributed by atoms with Crippen LogP contribution in [-0.4, -0.2) is 24.4 Å². The lowest BCUT2D eigenvalue weighted by Gasteiger charge is -2.20. The van der Waals surface area contributed by atoms with Gasteiger partial charge in [-0.3, -0.25) is 15.0 Å². The maximum atomic E-state index is 12.0. The monoisotopic (exact) mass is 259 g/mol. The van der Waals surface area contributed by atoms with Crippen LogP contribution in [0.3, 0.4) is 0 Å². The number of carbonyl (C=O) groups is 2. The summed E-state index contributed by atoms with van der Waals surface area (Å²) >= 11 is 0. The van der Waals surface area contributed by atoms with Gasteiger partial charge in [0.2, 0.25) is 11.8 Å². The van der Waals surface area contributed by atoms with Crippen LogP contribution in [0, 0.1) is 5.92 Å². The Morgan fingerprint density at radius 1 is 1.37 bits per heavy atom. The van der Waals surface area contributed by atoms with Crippen molar-refractivity contribution in [3.8, 4) is 0 Å². The Morgan fingerprint density at radius 3 is 2.74 bits per heavy atom. The lowest BCUT2D eigenvalue weighted by Crippen LogP contribution is -2.33.